The smallest absolute Gasteiger partial charge is 0.294 e. The SMILES string of the molecule is N[C@H]1C[C@H](O[N+](=O)[O-])[C@H](O[N+](=O)[O-])C1. The zero-order valence-electron chi connectivity index (χ0n) is 7.07. The Morgan fingerprint density at radius 1 is 1.07 bits per heavy atom. The standard InChI is InChI=1S/C5H9N3O6/c6-3-1-4(13-7(9)10)5(2-3)14-8(11)12/h3-5H,1-2,6H2/t3-,4-,5+. The highest BCUT2D eigenvalue weighted by atomic mass is 17.0. The van der Waals surface area contributed by atoms with Crippen molar-refractivity contribution in [3.8, 4) is 0 Å². The Bertz CT molecular complexity index is 222. The number of hydrogen-bond acceptors (Lipinski definition) is 7. The van der Waals surface area contributed by atoms with Crippen molar-refractivity contribution in [1.29, 1.82) is 0 Å². The maximum atomic E-state index is 10.0. The molecule has 1 saturated carbocycles. The molecule has 0 radical (unpaired) electrons. The molecule has 0 spiro atoms. The van der Waals surface area contributed by atoms with E-state index >= 15 is 0 Å². The van der Waals surface area contributed by atoms with Crippen LogP contribution in [0.4, 0.5) is 0 Å². The fourth-order valence-electron chi connectivity index (χ4n) is 1.44. The molecule has 0 saturated heterocycles. The number of nitrogens with two attached hydrogens (primary N) is 1. The third-order valence-corrected chi connectivity index (χ3v) is 1.93. The van der Waals surface area contributed by atoms with Crippen molar-refractivity contribution in [2.45, 2.75) is 31.1 Å². The molecule has 80 valence electrons. The van der Waals surface area contributed by atoms with Crippen LogP contribution in [-0.2, 0) is 9.68 Å². The minimum absolute atomic E-state index is 0.180. The first kappa shape index (κ1) is 10.4. The van der Waals surface area contributed by atoms with Crippen molar-refractivity contribution in [2.24, 2.45) is 5.73 Å². The summed E-state index contributed by atoms with van der Waals surface area (Å²) in [5.41, 5.74) is 5.46. The number of nitrogens with zero attached hydrogens (tertiary/aromatic N) is 2. The lowest BCUT2D eigenvalue weighted by molar-refractivity contribution is -0.797. The van der Waals surface area contributed by atoms with Gasteiger partial charge in [0.15, 0.2) is 0 Å². The van der Waals surface area contributed by atoms with Crippen molar-refractivity contribution in [1.82, 2.24) is 0 Å². The molecule has 1 aliphatic carbocycles. The number of rotatable bonds is 4. The first-order valence-electron chi connectivity index (χ1n) is 3.87. The average Bonchev–Trinajstić information content (AvgIpc) is 2.28. The monoisotopic (exact) mass is 207 g/mol. The van der Waals surface area contributed by atoms with Gasteiger partial charge >= 0.3 is 0 Å². The molecule has 0 aromatic rings. The van der Waals surface area contributed by atoms with Gasteiger partial charge in [0.1, 0.15) is 12.2 Å². The van der Waals surface area contributed by atoms with Gasteiger partial charge in [0.05, 0.1) is 0 Å². The molecule has 1 aliphatic rings. The highest BCUT2D eigenvalue weighted by Crippen LogP contribution is 2.24. The molecule has 0 amide bonds. The molecule has 0 heterocycles. The average molecular weight is 207 g/mol. The van der Waals surface area contributed by atoms with Crippen molar-refractivity contribution in [3.63, 3.8) is 0 Å². The second-order valence-corrected chi connectivity index (χ2v) is 2.97. The van der Waals surface area contributed by atoms with Gasteiger partial charge in [0, 0.05) is 6.04 Å². The first-order chi connectivity index (χ1) is 6.49. The van der Waals surface area contributed by atoms with Gasteiger partial charge in [0.25, 0.3) is 10.2 Å². The summed E-state index contributed by atoms with van der Waals surface area (Å²) in [6, 6.07) is -0.370. The summed E-state index contributed by atoms with van der Waals surface area (Å²) in [6.45, 7) is 0. The van der Waals surface area contributed by atoms with Crippen LogP contribution in [0.25, 0.3) is 0 Å². The van der Waals surface area contributed by atoms with Crippen molar-refractivity contribution < 1.29 is 19.8 Å². The fourth-order valence-corrected chi connectivity index (χ4v) is 1.44. The van der Waals surface area contributed by atoms with E-state index in [0.717, 1.165) is 0 Å². The van der Waals surface area contributed by atoms with E-state index in [0.29, 0.717) is 0 Å². The summed E-state index contributed by atoms with van der Waals surface area (Å²) in [7, 11) is 0. The molecule has 0 unspecified atom stereocenters. The van der Waals surface area contributed by atoms with E-state index in [1.165, 1.54) is 0 Å². The summed E-state index contributed by atoms with van der Waals surface area (Å²) in [6.07, 6.45) is -1.55. The first-order valence-corrected chi connectivity index (χ1v) is 3.87. The lowest BCUT2D eigenvalue weighted by Crippen LogP contribution is -2.30. The highest BCUT2D eigenvalue weighted by molar-refractivity contribution is 4.86. The van der Waals surface area contributed by atoms with Crippen LogP contribution in [0.5, 0.6) is 0 Å². The van der Waals surface area contributed by atoms with Crippen LogP contribution >= 0.6 is 0 Å². The Kier molecular flexibility index (Phi) is 3.02. The molecule has 0 bridgehead atoms. The summed E-state index contributed by atoms with van der Waals surface area (Å²) in [5.74, 6) is 0. The molecule has 1 rings (SSSR count). The Labute approximate surface area is 78.0 Å². The van der Waals surface area contributed by atoms with Gasteiger partial charge in [0.2, 0.25) is 0 Å². The molecule has 2 N–H and O–H groups in total. The largest absolute Gasteiger partial charge is 0.328 e. The van der Waals surface area contributed by atoms with E-state index in [2.05, 4.69) is 9.68 Å². The van der Waals surface area contributed by atoms with Crippen LogP contribution in [0.3, 0.4) is 0 Å². The van der Waals surface area contributed by atoms with E-state index in [1.54, 1.807) is 0 Å². The molecule has 0 aromatic heterocycles. The van der Waals surface area contributed by atoms with Crippen LogP contribution in [0, 0.1) is 20.2 Å². The Morgan fingerprint density at radius 3 is 1.71 bits per heavy atom. The lowest BCUT2D eigenvalue weighted by atomic mass is 10.3. The van der Waals surface area contributed by atoms with Gasteiger partial charge in [-0.3, -0.25) is 0 Å². The van der Waals surface area contributed by atoms with Crippen LogP contribution in [-0.4, -0.2) is 28.4 Å². The minimum atomic E-state index is -1.00. The molecule has 9 heteroatoms. The second-order valence-electron chi connectivity index (χ2n) is 2.97. The van der Waals surface area contributed by atoms with Crippen molar-refractivity contribution in [3.05, 3.63) is 20.2 Å². The molecule has 14 heavy (non-hydrogen) atoms. The van der Waals surface area contributed by atoms with Crippen LogP contribution in [0.15, 0.2) is 0 Å². The predicted molar refractivity (Wildman–Crippen MR) is 40.9 cm³/mol. The highest BCUT2D eigenvalue weighted by Gasteiger charge is 2.37. The Morgan fingerprint density at radius 2 is 1.43 bits per heavy atom. The molecular formula is C5H9N3O6. The maximum absolute atomic E-state index is 10.0. The van der Waals surface area contributed by atoms with Gasteiger partial charge in [-0.1, -0.05) is 0 Å². The molecule has 3 atom stereocenters. The zero-order chi connectivity index (χ0) is 10.7. The molecule has 0 aliphatic heterocycles. The van der Waals surface area contributed by atoms with Crippen LogP contribution in [0.1, 0.15) is 12.8 Å². The van der Waals surface area contributed by atoms with Gasteiger partial charge in [-0.2, -0.15) is 0 Å². The topological polar surface area (TPSA) is 131 Å². The van der Waals surface area contributed by atoms with Crippen LogP contribution < -0.4 is 5.73 Å². The lowest BCUT2D eigenvalue weighted by Gasteiger charge is -2.14. The zero-order valence-corrected chi connectivity index (χ0v) is 7.07. The molecule has 9 nitrogen and oxygen atoms in total. The third kappa shape index (κ3) is 2.69. The van der Waals surface area contributed by atoms with E-state index in [-0.39, 0.29) is 18.9 Å². The van der Waals surface area contributed by atoms with E-state index in [4.69, 9.17) is 5.73 Å². The second kappa shape index (κ2) is 4.05. The van der Waals surface area contributed by atoms with Crippen molar-refractivity contribution >= 4 is 0 Å². The number of hydrogen-bond donors (Lipinski definition) is 1. The van der Waals surface area contributed by atoms with Crippen LogP contribution in [0.2, 0.25) is 0 Å². The third-order valence-electron chi connectivity index (χ3n) is 1.93. The molecule has 0 aromatic carbocycles. The maximum Gasteiger partial charge on any atom is 0.294 e. The Balaban J connectivity index is 2.53. The minimum Gasteiger partial charge on any atom is -0.328 e. The summed E-state index contributed by atoms with van der Waals surface area (Å²) < 4.78 is 0. The summed E-state index contributed by atoms with van der Waals surface area (Å²) >= 11 is 0. The fraction of sp³-hybridized carbons (Fsp3) is 1.00. The quantitative estimate of drug-likeness (QED) is 0.474. The van der Waals surface area contributed by atoms with Crippen molar-refractivity contribution in [2.75, 3.05) is 0 Å². The predicted octanol–water partition coefficient (Wildman–Crippen LogP) is -0.739. The summed E-state index contributed by atoms with van der Waals surface area (Å²) in [4.78, 5) is 28.4. The van der Waals surface area contributed by atoms with Gasteiger partial charge in [-0.15, -0.1) is 20.2 Å². The van der Waals surface area contributed by atoms with E-state index in [9.17, 15) is 20.2 Å². The van der Waals surface area contributed by atoms with Gasteiger partial charge < -0.3 is 15.4 Å². The summed E-state index contributed by atoms with van der Waals surface area (Å²) in [5, 5.41) is 18.0. The van der Waals surface area contributed by atoms with E-state index < -0.39 is 22.4 Å². The van der Waals surface area contributed by atoms with Gasteiger partial charge in [-0.05, 0) is 12.8 Å². The van der Waals surface area contributed by atoms with Gasteiger partial charge in [-0.25, -0.2) is 0 Å². The van der Waals surface area contributed by atoms with E-state index in [1.807, 2.05) is 0 Å². The molecular weight excluding hydrogens is 198 g/mol. The Hall–Kier alpha value is -1.64. The normalized spacial score (nSPS) is 31.1. The molecule has 1 fully saturated rings.